The first kappa shape index (κ1) is 25.8. The van der Waals surface area contributed by atoms with Crippen LogP contribution in [-0.4, -0.2) is 103 Å². The van der Waals surface area contributed by atoms with Crippen molar-refractivity contribution in [2.24, 2.45) is 0 Å². The first-order chi connectivity index (χ1) is 17.8. The second-order valence-corrected chi connectivity index (χ2v) is 9.74. The molecule has 37 heavy (non-hydrogen) atoms. The average molecular weight is 524 g/mol. The van der Waals surface area contributed by atoms with Gasteiger partial charge in [0.25, 0.3) is 0 Å². The number of carbonyl (C=O) groups excluding carboxylic acids is 1. The van der Waals surface area contributed by atoms with E-state index < -0.39 is 6.36 Å². The summed E-state index contributed by atoms with van der Waals surface area (Å²) in [4.78, 5) is 19.4. The van der Waals surface area contributed by atoms with Gasteiger partial charge in [-0.1, -0.05) is 12.1 Å². The van der Waals surface area contributed by atoms with Crippen LogP contribution < -0.4 is 4.74 Å². The molecule has 2 unspecified atom stereocenters. The molecule has 3 aliphatic rings. The Morgan fingerprint density at radius 2 is 1.62 bits per heavy atom. The van der Waals surface area contributed by atoms with Crippen LogP contribution in [0.5, 0.6) is 5.75 Å². The van der Waals surface area contributed by atoms with Gasteiger partial charge in [-0.05, 0) is 30.2 Å². The Labute approximate surface area is 213 Å². The Kier molecular flexibility index (Phi) is 7.87. The molecular formula is C25H32F3N5O4. The normalized spacial score (nSPS) is 23.8. The van der Waals surface area contributed by atoms with Crippen LogP contribution >= 0.6 is 0 Å². The number of rotatable bonds is 5. The van der Waals surface area contributed by atoms with Gasteiger partial charge in [0.1, 0.15) is 5.75 Å². The van der Waals surface area contributed by atoms with Gasteiger partial charge in [-0.2, -0.15) is 5.10 Å². The van der Waals surface area contributed by atoms with Crippen molar-refractivity contribution >= 4 is 6.03 Å². The molecule has 3 saturated heterocycles. The second-order valence-electron chi connectivity index (χ2n) is 9.74. The number of morpholine rings is 2. The standard InChI is InChI=1S/C25H32F3N5O4/c26-25(27,28)37-22-3-1-18(2-4-22)19-13-20(16-33(15-19)24(34)32-7-11-36-12-8-32)23-14-21(29-30-23)17-31-5-9-35-10-6-31/h1-4,14,19-20H,5-13,15-17H2,(H,29,30). The molecule has 3 fully saturated rings. The summed E-state index contributed by atoms with van der Waals surface area (Å²) in [7, 11) is 0. The van der Waals surface area contributed by atoms with Gasteiger partial charge in [-0.25, -0.2) is 4.79 Å². The minimum absolute atomic E-state index is 0.00969. The molecule has 2 aromatic rings. The van der Waals surface area contributed by atoms with Crippen molar-refractivity contribution in [2.45, 2.75) is 31.2 Å². The molecule has 0 saturated carbocycles. The van der Waals surface area contributed by atoms with E-state index >= 15 is 0 Å². The minimum atomic E-state index is -4.74. The Morgan fingerprint density at radius 1 is 0.973 bits per heavy atom. The Hall–Kier alpha value is -2.83. The van der Waals surface area contributed by atoms with Gasteiger partial charge in [0.2, 0.25) is 0 Å². The monoisotopic (exact) mass is 523 g/mol. The second kappa shape index (κ2) is 11.3. The van der Waals surface area contributed by atoms with E-state index in [1.807, 2.05) is 4.90 Å². The smallest absolute Gasteiger partial charge is 0.406 e. The van der Waals surface area contributed by atoms with Crippen molar-refractivity contribution in [2.75, 3.05) is 65.7 Å². The fourth-order valence-corrected chi connectivity index (χ4v) is 5.28. The molecule has 0 aliphatic carbocycles. The number of H-pyrrole nitrogens is 1. The molecule has 9 nitrogen and oxygen atoms in total. The number of amides is 2. The summed E-state index contributed by atoms with van der Waals surface area (Å²) in [5, 5.41) is 7.75. The first-order valence-corrected chi connectivity index (χ1v) is 12.7. The van der Waals surface area contributed by atoms with Crippen LogP contribution in [0.25, 0.3) is 0 Å². The van der Waals surface area contributed by atoms with E-state index in [1.165, 1.54) is 12.1 Å². The summed E-state index contributed by atoms with van der Waals surface area (Å²) in [5.41, 5.74) is 2.77. The zero-order chi connectivity index (χ0) is 25.8. The predicted molar refractivity (Wildman–Crippen MR) is 127 cm³/mol. The average Bonchev–Trinajstić information content (AvgIpc) is 3.37. The third-order valence-corrected chi connectivity index (χ3v) is 7.15. The highest BCUT2D eigenvalue weighted by molar-refractivity contribution is 5.75. The van der Waals surface area contributed by atoms with Gasteiger partial charge < -0.3 is 24.0 Å². The Balaban J connectivity index is 1.33. The van der Waals surface area contributed by atoms with Crippen molar-refractivity contribution in [3.8, 4) is 5.75 Å². The molecule has 12 heteroatoms. The number of urea groups is 1. The number of likely N-dealkylation sites (tertiary alicyclic amines) is 1. The number of aromatic nitrogens is 2. The number of carbonyl (C=O) groups is 1. The number of nitrogens with one attached hydrogen (secondary N) is 1. The maximum atomic E-state index is 13.4. The number of alkyl halides is 3. The van der Waals surface area contributed by atoms with Gasteiger partial charge in [-0.15, -0.1) is 13.2 Å². The number of piperidine rings is 1. The molecule has 3 aliphatic heterocycles. The highest BCUT2D eigenvalue weighted by Gasteiger charge is 2.36. The number of hydrogen-bond donors (Lipinski definition) is 1. The van der Waals surface area contributed by atoms with Crippen LogP contribution in [0.2, 0.25) is 0 Å². The van der Waals surface area contributed by atoms with Crippen LogP contribution in [0.4, 0.5) is 18.0 Å². The third-order valence-electron chi connectivity index (χ3n) is 7.15. The number of nitrogens with zero attached hydrogens (tertiary/aromatic N) is 4. The molecule has 202 valence electrons. The van der Waals surface area contributed by atoms with E-state index in [2.05, 4.69) is 25.9 Å². The number of aromatic amines is 1. The van der Waals surface area contributed by atoms with Crippen molar-refractivity contribution in [3.63, 3.8) is 0 Å². The maximum Gasteiger partial charge on any atom is 0.573 e. The lowest BCUT2D eigenvalue weighted by atomic mass is 9.83. The molecule has 2 amide bonds. The van der Waals surface area contributed by atoms with Gasteiger partial charge in [0, 0.05) is 63.3 Å². The SMILES string of the molecule is O=C(N1CCOCC1)N1CC(c2ccc(OC(F)(F)F)cc2)CC(c2cc(CN3CCOCC3)[nH]n2)C1. The lowest BCUT2D eigenvalue weighted by Gasteiger charge is -2.40. The molecule has 2 atom stereocenters. The lowest BCUT2D eigenvalue weighted by molar-refractivity contribution is -0.274. The molecule has 0 radical (unpaired) electrons. The van der Waals surface area contributed by atoms with E-state index in [1.54, 1.807) is 17.0 Å². The fraction of sp³-hybridized carbons (Fsp3) is 0.600. The third kappa shape index (κ3) is 6.74. The highest BCUT2D eigenvalue weighted by atomic mass is 19.4. The van der Waals surface area contributed by atoms with E-state index in [0.717, 1.165) is 56.2 Å². The number of benzene rings is 1. The summed E-state index contributed by atoms with van der Waals surface area (Å²) in [6.07, 6.45) is -4.01. The van der Waals surface area contributed by atoms with Gasteiger partial charge in [0.15, 0.2) is 0 Å². The maximum absolute atomic E-state index is 13.4. The summed E-state index contributed by atoms with van der Waals surface area (Å²) >= 11 is 0. The van der Waals surface area contributed by atoms with Crippen LogP contribution in [0.3, 0.4) is 0 Å². The predicted octanol–water partition coefficient (Wildman–Crippen LogP) is 3.17. The van der Waals surface area contributed by atoms with Crippen molar-refractivity contribution in [1.29, 1.82) is 0 Å². The molecule has 0 spiro atoms. The van der Waals surface area contributed by atoms with Gasteiger partial charge in [0.05, 0.1) is 32.1 Å². The summed E-state index contributed by atoms with van der Waals surface area (Å²) in [6.45, 7) is 7.05. The minimum Gasteiger partial charge on any atom is -0.406 e. The Bertz CT molecular complexity index is 1040. The summed E-state index contributed by atoms with van der Waals surface area (Å²) in [5.74, 6) is -0.322. The van der Waals surface area contributed by atoms with Crippen LogP contribution in [0.15, 0.2) is 30.3 Å². The summed E-state index contributed by atoms with van der Waals surface area (Å²) in [6, 6.07) is 7.99. The van der Waals surface area contributed by atoms with Crippen LogP contribution in [0.1, 0.15) is 35.2 Å². The number of ether oxygens (including phenoxy) is 3. The van der Waals surface area contributed by atoms with Gasteiger partial charge >= 0.3 is 12.4 Å². The molecule has 1 aromatic carbocycles. The fourth-order valence-electron chi connectivity index (χ4n) is 5.28. The molecule has 0 bridgehead atoms. The molecular weight excluding hydrogens is 491 g/mol. The van der Waals surface area contributed by atoms with Crippen LogP contribution in [-0.2, 0) is 16.0 Å². The molecule has 1 aromatic heterocycles. The van der Waals surface area contributed by atoms with E-state index in [-0.39, 0.29) is 23.6 Å². The number of hydrogen-bond acceptors (Lipinski definition) is 6. The quantitative estimate of drug-likeness (QED) is 0.649. The molecule has 5 rings (SSSR count). The highest BCUT2D eigenvalue weighted by Crippen LogP contribution is 2.37. The summed E-state index contributed by atoms with van der Waals surface area (Å²) < 4.78 is 52.7. The van der Waals surface area contributed by atoms with Crippen molar-refractivity contribution in [3.05, 3.63) is 47.3 Å². The van der Waals surface area contributed by atoms with Crippen molar-refractivity contribution in [1.82, 2.24) is 24.9 Å². The van der Waals surface area contributed by atoms with E-state index in [4.69, 9.17) is 9.47 Å². The molecule has 1 N–H and O–H groups in total. The van der Waals surface area contributed by atoms with Crippen LogP contribution in [0, 0.1) is 0 Å². The largest absolute Gasteiger partial charge is 0.573 e. The number of halogens is 3. The van der Waals surface area contributed by atoms with E-state index in [9.17, 15) is 18.0 Å². The molecule has 4 heterocycles. The zero-order valence-corrected chi connectivity index (χ0v) is 20.6. The first-order valence-electron chi connectivity index (χ1n) is 12.7. The van der Waals surface area contributed by atoms with Crippen molar-refractivity contribution < 1.29 is 32.2 Å². The van der Waals surface area contributed by atoms with E-state index in [0.29, 0.717) is 39.4 Å². The topological polar surface area (TPSA) is 83.2 Å². The van der Waals surface area contributed by atoms with Gasteiger partial charge in [-0.3, -0.25) is 10.00 Å². The Morgan fingerprint density at radius 3 is 2.30 bits per heavy atom. The zero-order valence-electron chi connectivity index (χ0n) is 20.6. The lowest BCUT2D eigenvalue weighted by Crippen LogP contribution is -2.52.